The molecular weight excluding hydrogens is 256 g/mol. The molecule has 0 aliphatic carbocycles. The monoisotopic (exact) mass is 266 g/mol. The Morgan fingerprint density at radius 3 is 2.87 bits per heavy atom. The predicted octanol–water partition coefficient (Wildman–Crippen LogP) is 1.68. The Morgan fingerprint density at radius 2 is 2.07 bits per heavy atom. The molecular formula is C10H11BrN4. The molecule has 2 rings (SSSR count). The van der Waals surface area contributed by atoms with E-state index in [0.29, 0.717) is 6.54 Å². The lowest BCUT2D eigenvalue weighted by Gasteiger charge is -2.00. The summed E-state index contributed by atoms with van der Waals surface area (Å²) in [6.45, 7) is 0.653. The molecule has 2 N–H and O–H groups in total. The third kappa shape index (κ3) is 2.49. The molecule has 4 nitrogen and oxygen atoms in total. The summed E-state index contributed by atoms with van der Waals surface area (Å²) >= 11 is 3.40. The Morgan fingerprint density at radius 1 is 1.20 bits per heavy atom. The van der Waals surface area contributed by atoms with Gasteiger partial charge in [0.25, 0.3) is 0 Å². The minimum atomic E-state index is 0.653. The molecule has 0 aliphatic heterocycles. The molecule has 0 saturated carbocycles. The first-order valence-corrected chi connectivity index (χ1v) is 5.58. The van der Waals surface area contributed by atoms with Crippen molar-refractivity contribution < 1.29 is 0 Å². The van der Waals surface area contributed by atoms with Gasteiger partial charge in [-0.2, -0.15) is 0 Å². The molecule has 0 unspecified atom stereocenters. The molecule has 0 atom stereocenters. The number of aryl methyl sites for hydroxylation is 1. The summed E-state index contributed by atoms with van der Waals surface area (Å²) in [5.74, 6) is 0.756. The Bertz CT molecular complexity index is 472. The molecule has 0 saturated heterocycles. The molecule has 0 fully saturated rings. The van der Waals surface area contributed by atoms with Gasteiger partial charge in [-0.05, 0) is 31.2 Å². The summed E-state index contributed by atoms with van der Waals surface area (Å²) in [7, 11) is 0. The molecule has 0 aliphatic rings. The van der Waals surface area contributed by atoms with Crippen LogP contribution in [0.15, 0.2) is 22.7 Å². The highest BCUT2D eigenvalue weighted by atomic mass is 79.9. The maximum Gasteiger partial charge on any atom is 0.151 e. The zero-order valence-electron chi connectivity index (χ0n) is 8.15. The van der Waals surface area contributed by atoms with Gasteiger partial charge in [0.2, 0.25) is 0 Å². The highest BCUT2D eigenvalue weighted by Crippen LogP contribution is 2.15. The average Bonchev–Trinajstić information content (AvgIpc) is 2.25. The lowest BCUT2D eigenvalue weighted by atomic mass is 10.3. The third-order valence-corrected chi connectivity index (χ3v) is 2.56. The highest BCUT2D eigenvalue weighted by molar-refractivity contribution is 9.10. The summed E-state index contributed by atoms with van der Waals surface area (Å²) in [5, 5.41) is 8.14. The smallest absolute Gasteiger partial charge is 0.151 e. The van der Waals surface area contributed by atoms with E-state index in [9.17, 15) is 0 Å². The number of hydrogen-bond donors (Lipinski definition) is 1. The zero-order chi connectivity index (χ0) is 10.7. The van der Waals surface area contributed by atoms with Crippen LogP contribution in [0.5, 0.6) is 0 Å². The Kier molecular flexibility index (Phi) is 3.23. The topological polar surface area (TPSA) is 64.7 Å². The fraction of sp³-hybridized carbons (Fsp3) is 0.300. The third-order valence-electron chi connectivity index (χ3n) is 2.06. The summed E-state index contributed by atoms with van der Waals surface area (Å²) in [6.07, 6.45) is 1.67. The number of fused-ring (bicyclic) bond motifs is 1. The van der Waals surface area contributed by atoms with Crippen LogP contribution in [-0.2, 0) is 6.42 Å². The van der Waals surface area contributed by atoms with Gasteiger partial charge >= 0.3 is 0 Å². The minimum absolute atomic E-state index is 0.653. The van der Waals surface area contributed by atoms with Gasteiger partial charge in [0.15, 0.2) is 5.82 Å². The molecule has 0 spiro atoms. The van der Waals surface area contributed by atoms with Gasteiger partial charge in [-0.15, -0.1) is 10.2 Å². The van der Waals surface area contributed by atoms with Crippen LogP contribution < -0.4 is 5.73 Å². The summed E-state index contributed by atoms with van der Waals surface area (Å²) in [6, 6.07) is 5.76. The van der Waals surface area contributed by atoms with E-state index in [2.05, 4.69) is 31.1 Å². The van der Waals surface area contributed by atoms with E-state index in [4.69, 9.17) is 5.73 Å². The van der Waals surface area contributed by atoms with Gasteiger partial charge in [-0.3, -0.25) is 0 Å². The molecule has 15 heavy (non-hydrogen) atoms. The van der Waals surface area contributed by atoms with Gasteiger partial charge < -0.3 is 5.73 Å². The van der Waals surface area contributed by atoms with Crippen molar-refractivity contribution in [3.05, 3.63) is 28.5 Å². The van der Waals surface area contributed by atoms with Crippen molar-refractivity contribution in [1.82, 2.24) is 15.2 Å². The Labute approximate surface area is 96.0 Å². The number of aromatic nitrogens is 3. The lowest BCUT2D eigenvalue weighted by Crippen LogP contribution is -2.04. The minimum Gasteiger partial charge on any atom is -0.330 e. The zero-order valence-corrected chi connectivity index (χ0v) is 9.74. The van der Waals surface area contributed by atoms with Crippen molar-refractivity contribution in [2.45, 2.75) is 12.8 Å². The first-order chi connectivity index (χ1) is 7.29. The van der Waals surface area contributed by atoms with Crippen LogP contribution in [0.1, 0.15) is 12.2 Å². The molecule has 78 valence electrons. The molecule has 2 aromatic rings. The number of nitrogens with zero attached hydrogens (tertiary/aromatic N) is 3. The van der Waals surface area contributed by atoms with Crippen LogP contribution >= 0.6 is 15.9 Å². The predicted molar refractivity (Wildman–Crippen MR) is 62.4 cm³/mol. The van der Waals surface area contributed by atoms with Crippen LogP contribution in [0.25, 0.3) is 11.0 Å². The summed E-state index contributed by atoms with van der Waals surface area (Å²) < 4.78 is 1.00. The van der Waals surface area contributed by atoms with Crippen molar-refractivity contribution >= 4 is 27.0 Å². The quantitative estimate of drug-likeness (QED) is 0.918. The summed E-state index contributed by atoms with van der Waals surface area (Å²) in [5.41, 5.74) is 7.11. The number of rotatable bonds is 3. The maximum absolute atomic E-state index is 5.43. The Balaban J connectivity index is 2.36. The normalized spacial score (nSPS) is 10.8. The second-order valence-corrected chi connectivity index (χ2v) is 4.17. The van der Waals surface area contributed by atoms with E-state index < -0.39 is 0 Å². The number of hydrogen-bond acceptors (Lipinski definition) is 4. The molecule has 0 radical (unpaired) electrons. The summed E-state index contributed by atoms with van der Waals surface area (Å²) in [4.78, 5) is 4.41. The fourth-order valence-corrected chi connectivity index (χ4v) is 1.66. The van der Waals surface area contributed by atoms with E-state index in [1.807, 2.05) is 18.2 Å². The van der Waals surface area contributed by atoms with Crippen LogP contribution in [-0.4, -0.2) is 21.7 Å². The van der Waals surface area contributed by atoms with Crippen molar-refractivity contribution in [3.8, 4) is 0 Å². The Hall–Kier alpha value is -1.07. The van der Waals surface area contributed by atoms with E-state index in [1.54, 1.807) is 0 Å². The van der Waals surface area contributed by atoms with Crippen molar-refractivity contribution in [2.75, 3.05) is 6.54 Å². The second kappa shape index (κ2) is 4.63. The molecule has 5 heteroatoms. The van der Waals surface area contributed by atoms with Gasteiger partial charge in [-0.25, -0.2) is 4.98 Å². The first-order valence-electron chi connectivity index (χ1n) is 4.78. The molecule has 1 aromatic heterocycles. The van der Waals surface area contributed by atoms with E-state index in [0.717, 1.165) is 34.2 Å². The van der Waals surface area contributed by atoms with Crippen molar-refractivity contribution in [2.24, 2.45) is 5.73 Å². The molecule has 0 amide bonds. The van der Waals surface area contributed by atoms with E-state index >= 15 is 0 Å². The second-order valence-electron chi connectivity index (χ2n) is 3.25. The largest absolute Gasteiger partial charge is 0.330 e. The highest BCUT2D eigenvalue weighted by Gasteiger charge is 2.01. The average molecular weight is 267 g/mol. The SMILES string of the molecule is NCCCc1nnc2ccc(Br)cc2n1. The lowest BCUT2D eigenvalue weighted by molar-refractivity contribution is 0.764. The molecule has 0 bridgehead atoms. The van der Waals surface area contributed by atoms with Crippen LogP contribution in [0.2, 0.25) is 0 Å². The van der Waals surface area contributed by atoms with E-state index in [-0.39, 0.29) is 0 Å². The van der Waals surface area contributed by atoms with Crippen LogP contribution in [0, 0.1) is 0 Å². The van der Waals surface area contributed by atoms with Gasteiger partial charge in [0.05, 0.1) is 5.52 Å². The molecule has 1 aromatic carbocycles. The number of benzene rings is 1. The first kappa shape index (κ1) is 10.4. The van der Waals surface area contributed by atoms with Crippen LogP contribution in [0.3, 0.4) is 0 Å². The standard InChI is InChI=1S/C10H11BrN4/c11-7-3-4-8-9(6-7)13-10(15-14-8)2-1-5-12/h3-4,6H,1-2,5,12H2. The van der Waals surface area contributed by atoms with Crippen LogP contribution in [0.4, 0.5) is 0 Å². The fourth-order valence-electron chi connectivity index (χ4n) is 1.31. The van der Waals surface area contributed by atoms with Crippen molar-refractivity contribution in [1.29, 1.82) is 0 Å². The maximum atomic E-state index is 5.43. The van der Waals surface area contributed by atoms with Gasteiger partial charge in [0, 0.05) is 10.9 Å². The van der Waals surface area contributed by atoms with Gasteiger partial charge in [0.1, 0.15) is 5.52 Å². The van der Waals surface area contributed by atoms with Crippen molar-refractivity contribution in [3.63, 3.8) is 0 Å². The number of nitrogens with two attached hydrogens (primary N) is 1. The molecule has 1 heterocycles. The van der Waals surface area contributed by atoms with Gasteiger partial charge in [-0.1, -0.05) is 15.9 Å². The number of halogens is 1. The van der Waals surface area contributed by atoms with E-state index in [1.165, 1.54) is 0 Å².